The van der Waals surface area contributed by atoms with Gasteiger partial charge in [-0.1, -0.05) is 0 Å². The monoisotopic (exact) mass is 336 g/mol. The van der Waals surface area contributed by atoms with Crippen molar-refractivity contribution in [2.45, 2.75) is 18.8 Å². The van der Waals surface area contributed by atoms with Crippen molar-refractivity contribution in [1.29, 1.82) is 0 Å². The highest BCUT2D eigenvalue weighted by atomic mass is 19.4. The maximum atomic E-state index is 12.4. The third-order valence-electron chi connectivity index (χ3n) is 1.59. The summed E-state index contributed by atoms with van der Waals surface area (Å²) in [6.45, 7) is -1.95. The smallest absolute Gasteiger partial charge is 0.449 e. The molecule has 0 saturated carbocycles. The molecule has 0 aliphatic rings. The van der Waals surface area contributed by atoms with Crippen LogP contribution in [-0.2, 0) is 9.47 Å². The molecule has 0 radical (unpaired) electrons. The minimum absolute atomic E-state index is 0.642. The van der Waals surface area contributed by atoms with Crippen LogP contribution in [0.4, 0.5) is 43.9 Å². The Balaban J connectivity index is 4.21. The Morgan fingerprint density at radius 3 is 1.14 bits per heavy atom. The van der Waals surface area contributed by atoms with Gasteiger partial charge < -0.3 is 9.47 Å². The summed E-state index contributed by atoms with van der Waals surface area (Å²) in [6, 6.07) is -5.19. The third-order valence-corrected chi connectivity index (χ3v) is 1.59. The second-order valence-corrected chi connectivity index (χ2v) is 3.22. The van der Waals surface area contributed by atoms with Crippen LogP contribution in [0.5, 0.6) is 0 Å². The van der Waals surface area contributed by atoms with Crippen LogP contribution in [0, 0.1) is 0 Å². The van der Waals surface area contributed by atoms with E-state index in [0.29, 0.717) is 0 Å². The zero-order chi connectivity index (χ0) is 16.8. The van der Waals surface area contributed by atoms with Crippen molar-refractivity contribution < 1.29 is 53.4 Å². The first-order chi connectivity index (χ1) is 9.37. The molecule has 124 valence electrons. The van der Waals surface area contributed by atoms with Crippen LogP contribution in [0.15, 0.2) is 23.7 Å². The van der Waals surface area contributed by atoms with Crippen LogP contribution in [-0.4, -0.2) is 25.6 Å². The molecule has 0 aromatic heterocycles. The van der Waals surface area contributed by atoms with Crippen molar-refractivity contribution in [3.8, 4) is 0 Å². The molecule has 0 rings (SSSR count). The van der Waals surface area contributed by atoms with Crippen molar-refractivity contribution in [3.05, 3.63) is 23.7 Å². The lowest BCUT2D eigenvalue weighted by Gasteiger charge is -2.08. The first-order valence-corrected chi connectivity index (χ1v) is 4.88. The number of ether oxygens (including phenoxy) is 2. The van der Waals surface area contributed by atoms with Gasteiger partial charge in [-0.15, -0.1) is 0 Å². The SMILES string of the molecule is F/C(OCCCO/C(F)=C(\F)C(F)(F)F)=C(\F)C(F)(F)F. The molecule has 0 N–H and O–H groups in total. The fourth-order valence-electron chi connectivity index (χ4n) is 0.732. The molecule has 0 spiro atoms. The molecule has 0 aliphatic heterocycles. The first kappa shape index (κ1) is 19.4. The summed E-state index contributed by atoms with van der Waals surface area (Å²) < 4.78 is 126. The number of alkyl halides is 6. The van der Waals surface area contributed by atoms with Crippen LogP contribution in [0.2, 0.25) is 0 Å². The second kappa shape index (κ2) is 7.41. The predicted octanol–water partition coefficient (Wildman–Crippen LogP) is 4.75. The summed E-state index contributed by atoms with van der Waals surface area (Å²) >= 11 is 0. The number of halogens is 10. The molecule has 0 aliphatic carbocycles. The quantitative estimate of drug-likeness (QED) is 0.396. The summed E-state index contributed by atoms with van der Waals surface area (Å²) in [7, 11) is 0. The molecular formula is C9H6F10O2. The van der Waals surface area contributed by atoms with E-state index in [1.54, 1.807) is 0 Å². The Hall–Kier alpha value is -1.62. The average Bonchev–Trinajstić information content (AvgIpc) is 2.33. The normalized spacial score (nSPS) is 15.3. The van der Waals surface area contributed by atoms with Crippen LogP contribution in [0.3, 0.4) is 0 Å². The van der Waals surface area contributed by atoms with Crippen LogP contribution in [0.1, 0.15) is 6.42 Å². The maximum absolute atomic E-state index is 12.4. The zero-order valence-corrected chi connectivity index (χ0v) is 9.72. The summed E-state index contributed by atoms with van der Waals surface area (Å²) in [5.74, 6) is -6.28. The Morgan fingerprint density at radius 1 is 0.619 bits per heavy atom. The van der Waals surface area contributed by atoms with Crippen LogP contribution in [0.25, 0.3) is 0 Å². The molecule has 2 nitrogen and oxygen atoms in total. The van der Waals surface area contributed by atoms with Gasteiger partial charge in [-0.05, 0) is 0 Å². The number of hydrogen-bond acceptors (Lipinski definition) is 2. The van der Waals surface area contributed by atoms with Crippen molar-refractivity contribution in [3.63, 3.8) is 0 Å². The van der Waals surface area contributed by atoms with Gasteiger partial charge in [0.05, 0.1) is 13.2 Å². The fourth-order valence-corrected chi connectivity index (χ4v) is 0.732. The minimum atomic E-state index is -5.61. The Kier molecular flexibility index (Phi) is 6.83. The van der Waals surface area contributed by atoms with E-state index in [1.807, 2.05) is 0 Å². The number of allylic oxidation sites excluding steroid dienone is 2. The molecule has 0 aromatic carbocycles. The molecule has 12 heteroatoms. The standard InChI is InChI=1S/C9H6F10O2/c10-4(8(14,15)16)6(12)20-2-1-3-21-7(13)5(11)9(17,18)19/h1-3H2/b6-4-,7-5+. The molecule has 0 atom stereocenters. The second-order valence-electron chi connectivity index (χ2n) is 3.22. The highest BCUT2D eigenvalue weighted by molar-refractivity contribution is 5.00. The molecule has 0 heterocycles. The molecule has 0 saturated heterocycles. The van der Waals surface area contributed by atoms with Crippen molar-refractivity contribution in [2.75, 3.05) is 13.2 Å². The van der Waals surface area contributed by atoms with E-state index in [4.69, 9.17) is 0 Å². The van der Waals surface area contributed by atoms with Gasteiger partial charge in [0.15, 0.2) is 0 Å². The highest BCUT2D eigenvalue weighted by Crippen LogP contribution is 2.31. The van der Waals surface area contributed by atoms with E-state index >= 15 is 0 Å². The Labute approximate surface area is 110 Å². The van der Waals surface area contributed by atoms with E-state index in [0.717, 1.165) is 0 Å². The number of rotatable bonds is 6. The van der Waals surface area contributed by atoms with Crippen LogP contribution < -0.4 is 0 Å². The molecule has 0 amide bonds. The van der Waals surface area contributed by atoms with Crippen LogP contribution >= 0.6 is 0 Å². The van der Waals surface area contributed by atoms with Crippen molar-refractivity contribution in [1.82, 2.24) is 0 Å². The number of hydrogen-bond donors (Lipinski definition) is 0. The lowest BCUT2D eigenvalue weighted by atomic mass is 10.5. The summed E-state index contributed by atoms with van der Waals surface area (Å²) in [4.78, 5) is 0. The molecule has 21 heavy (non-hydrogen) atoms. The van der Waals surface area contributed by atoms with Gasteiger partial charge in [0, 0.05) is 6.42 Å². The maximum Gasteiger partial charge on any atom is 0.449 e. The van der Waals surface area contributed by atoms with Gasteiger partial charge in [0.25, 0.3) is 11.7 Å². The van der Waals surface area contributed by atoms with Gasteiger partial charge >= 0.3 is 24.4 Å². The molecular weight excluding hydrogens is 330 g/mol. The third kappa shape index (κ3) is 7.09. The predicted molar refractivity (Wildman–Crippen MR) is 47.1 cm³/mol. The zero-order valence-electron chi connectivity index (χ0n) is 9.72. The van der Waals surface area contributed by atoms with Gasteiger partial charge in [-0.2, -0.15) is 43.9 Å². The van der Waals surface area contributed by atoms with Crippen molar-refractivity contribution >= 4 is 0 Å². The van der Waals surface area contributed by atoms with E-state index < -0.39 is 55.7 Å². The van der Waals surface area contributed by atoms with Crippen molar-refractivity contribution in [2.24, 2.45) is 0 Å². The van der Waals surface area contributed by atoms with Gasteiger partial charge in [0.1, 0.15) is 0 Å². The lowest BCUT2D eigenvalue weighted by Crippen LogP contribution is -2.12. The fraction of sp³-hybridized carbons (Fsp3) is 0.556. The summed E-state index contributed by atoms with van der Waals surface area (Å²) in [5, 5.41) is 0. The van der Waals surface area contributed by atoms with E-state index in [1.165, 1.54) is 0 Å². The topological polar surface area (TPSA) is 18.5 Å². The first-order valence-electron chi connectivity index (χ1n) is 4.88. The molecule has 0 fully saturated rings. The molecule has 0 aromatic rings. The largest absolute Gasteiger partial charge is 0.469 e. The lowest BCUT2D eigenvalue weighted by molar-refractivity contribution is -0.116. The molecule has 0 unspecified atom stereocenters. The average molecular weight is 336 g/mol. The van der Waals surface area contributed by atoms with E-state index in [2.05, 4.69) is 9.47 Å². The minimum Gasteiger partial charge on any atom is -0.469 e. The summed E-state index contributed by atoms with van der Waals surface area (Å²) in [5.41, 5.74) is 0. The Morgan fingerprint density at radius 2 is 0.905 bits per heavy atom. The van der Waals surface area contributed by atoms with Gasteiger partial charge in [-0.25, -0.2) is 0 Å². The highest BCUT2D eigenvalue weighted by Gasteiger charge is 2.40. The summed E-state index contributed by atoms with van der Waals surface area (Å²) in [6.07, 6.45) is -11.9. The van der Waals surface area contributed by atoms with Gasteiger partial charge in [-0.3, -0.25) is 0 Å². The van der Waals surface area contributed by atoms with E-state index in [9.17, 15) is 43.9 Å². The van der Waals surface area contributed by atoms with Gasteiger partial charge in [0.2, 0.25) is 0 Å². The Bertz CT molecular complexity index is 368. The van der Waals surface area contributed by atoms with E-state index in [-0.39, 0.29) is 0 Å². The molecule has 0 bridgehead atoms.